The highest BCUT2D eigenvalue weighted by atomic mass is 79.9. The number of nitrogens with zero attached hydrogens (tertiary/aromatic N) is 1. The summed E-state index contributed by atoms with van der Waals surface area (Å²) in [6.07, 6.45) is 0. The van der Waals surface area contributed by atoms with Crippen molar-refractivity contribution >= 4 is 37.9 Å². The Bertz CT molecular complexity index is 657. The van der Waals surface area contributed by atoms with E-state index in [0.29, 0.717) is 5.71 Å². The molecule has 2 nitrogen and oxygen atoms in total. The summed E-state index contributed by atoms with van der Waals surface area (Å²) >= 11 is 3.31. The van der Waals surface area contributed by atoms with Crippen molar-refractivity contribution in [2.45, 2.75) is 6.92 Å². The Kier molecular flexibility index (Phi) is 1.83. The molecule has 74 valence electrons. The number of benzene rings is 1. The molecule has 0 fully saturated rings. The van der Waals surface area contributed by atoms with Gasteiger partial charge in [0, 0.05) is 16.8 Å². The molecule has 2 aromatic heterocycles. The lowest BCUT2D eigenvalue weighted by Gasteiger charge is -1.99. The molecule has 0 radical (unpaired) electrons. The number of aryl methyl sites for hydroxylation is 1. The molecule has 2 heterocycles. The quantitative estimate of drug-likeness (QED) is 0.610. The van der Waals surface area contributed by atoms with Gasteiger partial charge in [-0.3, -0.25) is 0 Å². The molecule has 0 spiro atoms. The minimum absolute atomic E-state index is 0.684. The van der Waals surface area contributed by atoms with Crippen molar-refractivity contribution in [2.24, 2.45) is 0 Å². The van der Waals surface area contributed by atoms with E-state index in [-0.39, 0.29) is 0 Å². The number of halogens is 1. The van der Waals surface area contributed by atoms with Crippen LogP contribution in [0.2, 0.25) is 0 Å². The largest absolute Gasteiger partial charge is 0.431 e. The highest BCUT2D eigenvalue weighted by Crippen LogP contribution is 2.26. The van der Waals surface area contributed by atoms with Crippen LogP contribution in [0.25, 0.3) is 22.0 Å². The molecule has 3 aromatic rings. The summed E-state index contributed by atoms with van der Waals surface area (Å²) in [6.45, 7) is 2.05. The Balaban J connectivity index is 2.52. The Hall–Kier alpha value is -1.35. The summed E-state index contributed by atoms with van der Waals surface area (Å²) in [7, 11) is 0. The maximum Gasteiger partial charge on any atom is 0.228 e. The fourth-order valence-electron chi connectivity index (χ4n) is 1.78. The Labute approximate surface area is 95.0 Å². The number of para-hydroxylation sites is 1. The third-order valence-electron chi connectivity index (χ3n) is 2.50. The monoisotopic (exact) mass is 261 g/mol. The van der Waals surface area contributed by atoms with E-state index >= 15 is 0 Å². The first-order valence-corrected chi connectivity index (χ1v) is 5.49. The molecular weight excluding hydrogens is 254 g/mol. The minimum Gasteiger partial charge on any atom is -0.431 e. The molecule has 15 heavy (non-hydrogen) atoms. The fourth-order valence-corrected chi connectivity index (χ4v) is 2.18. The van der Waals surface area contributed by atoms with Gasteiger partial charge in [-0.05, 0) is 34.5 Å². The van der Waals surface area contributed by atoms with Crippen molar-refractivity contribution in [1.29, 1.82) is 0 Å². The molecule has 0 amide bonds. The average Bonchev–Trinajstić information content (AvgIpc) is 2.55. The highest BCUT2D eigenvalue weighted by Gasteiger charge is 2.05. The van der Waals surface area contributed by atoms with Gasteiger partial charge in [-0.2, -0.15) is 0 Å². The van der Waals surface area contributed by atoms with Gasteiger partial charge in [-0.25, -0.2) is 4.98 Å². The van der Waals surface area contributed by atoms with E-state index in [1.807, 2.05) is 12.1 Å². The first-order valence-electron chi connectivity index (χ1n) is 4.69. The topological polar surface area (TPSA) is 26.0 Å². The van der Waals surface area contributed by atoms with Crippen molar-refractivity contribution in [3.8, 4) is 0 Å². The predicted molar refractivity (Wildman–Crippen MR) is 64.0 cm³/mol. The van der Waals surface area contributed by atoms with Crippen LogP contribution in [-0.2, 0) is 0 Å². The third kappa shape index (κ3) is 1.35. The minimum atomic E-state index is 0.684. The highest BCUT2D eigenvalue weighted by molar-refractivity contribution is 9.10. The SMILES string of the molecule is Cc1cccc2cc3cc(Br)oc3nc12. The molecule has 3 rings (SSSR count). The number of hydrogen-bond acceptors (Lipinski definition) is 2. The van der Waals surface area contributed by atoms with Crippen molar-refractivity contribution in [3.05, 3.63) is 40.6 Å². The average molecular weight is 262 g/mol. The molecule has 0 aliphatic rings. The molecular formula is C12H8BrNO. The lowest BCUT2D eigenvalue weighted by Crippen LogP contribution is -1.82. The van der Waals surface area contributed by atoms with Gasteiger partial charge >= 0.3 is 0 Å². The molecule has 3 heteroatoms. The van der Waals surface area contributed by atoms with Crippen LogP contribution in [0.1, 0.15) is 5.56 Å². The standard InChI is InChI=1S/C12H8BrNO/c1-7-3-2-4-8-5-9-6-10(13)15-12(9)14-11(7)8/h2-6H,1H3. The van der Waals surface area contributed by atoms with E-state index in [1.165, 1.54) is 5.56 Å². The zero-order chi connectivity index (χ0) is 10.4. The predicted octanol–water partition coefficient (Wildman–Crippen LogP) is 4.05. The smallest absolute Gasteiger partial charge is 0.228 e. The molecule has 0 unspecified atom stereocenters. The van der Waals surface area contributed by atoms with Gasteiger partial charge < -0.3 is 4.42 Å². The Morgan fingerprint density at radius 2 is 2.07 bits per heavy atom. The third-order valence-corrected chi connectivity index (χ3v) is 2.89. The summed E-state index contributed by atoms with van der Waals surface area (Å²) in [6, 6.07) is 10.2. The van der Waals surface area contributed by atoms with E-state index in [9.17, 15) is 0 Å². The van der Waals surface area contributed by atoms with E-state index in [0.717, 1.165) is 21.0 Å². The van der Waals surface area contributed by atoms with Gasteiger partial charge in [0.15, 0.2) is 4.67 Å². The van der Waals surface area contributed by atoms with Gasteiger partial charge in [-0.15, -0.1) is 0 Å². The summed E-state index contributed by atoms with van der Waals surface area (Å²) in [5.74, 6) is 0. The number of rotatable bonds is 0. The second kappa shape index (κ2) is 3.07. The first kappa shape index (κ1) is 8.92. The Morgan fingerprint density at radius 1 is 1.20 bits per heavy atom. The number of furan rings is 1. The van der Waals surface area contributed by atoms with Gasteiger partial charge in [0.05, 0.1) is 5.52 Å². The molecule has 0 saturated carbocycles. The molecule has 1 aromatic carbocycles. The second-order valence-corrected chi connectivity index (χ2v) is 4.36. The lowest BCUT2D eigenvalue weighted by atomic mass is 10.1. The van der Waals surface area contributed by atoms with Crippen LogP contribution in [-0.4, -0.2) is 4.98 Å². The zero-order valence-corrected chi connectivity index (χ0v) is 9.71. The van der Waals surface area contributed by atoms with Crippen LogP contribution in [0.5, 0.6) is 0 Å². The van der Waals surface area contributed by atoms with Crippen LogP contribution >= 0.6 is 15.9 Å². The maximum absolute atomic E-state index is 5.44. The van der Waals surface area contributed by atoms with Crippen LogP contribution in [0, 0.1) is 6.92 Å². The number of hydrogen-bond donors (Lipinski definition) is 0. The van der Waals surface area contributed by atoms with E-state index in [2.05, 4.69) is 46.0 Å². The number of aromatic nitrogens is 1. The summed E-state index contributed by atoms with van der Waals surface area (Å²) in [4.78, 5) is 4.50. The van der Waals surface area contributed by atoms with Gasteiger partial charge in [0.1, 0.15) is 0 Å². The van der Waals surface area contributed by atoms with Crippen molar-refractivity contribution in [2.75, 3.05) is 0 Å². The fraction of sp³-hybridized carbons (Fsp3) is 0.0833. The van der Waals surface area contributed by atoms with Crippen LogP contribution in [0.15, 0.2) is 39.4 Å². The molecule has 0 aliphatic heterocycles. The van der Waals surface area contributed by atoms with Gasteiger partial charge in [-0.1, -0.05) is 18.2 Å². The summed E-state index contributed by atoms with van der Waals surface area (Å²) in [5, 5.41) is 2.18. The lowest BCUT2D eigenvalue weighted by molar-refractivity contribution is 0.577. The van der Waals surface area contributed by atoms with Crippen LogP contribution in [0.4, 0.5) is 0 Å². The van der Waals surface area contributed by atoms with E-state index in [4.69, 9.17) is 4.42 Å². The summed E-state index contributed by atoms with van der Waals surface area (Å²) in [5.41, 5.74) is 2.86. The zero-order valence-electron chi connectivity index (χ0n) is 8.12. The molecule has 0 saturated heterocycles. The molecule has 0 bridgehead atoms. The van der Waals surface area contributed by atoms with Crippen molar-refractivity contribution in [1.82, 2.24) is 4.98 Å². The van der Waals surface area contributed by atoms with Gasteiger partial charge in [0.25, 0.3) is 0 Å². The van der Waals surface area contributed by atoms with Crippen molar-refractivity contribution in [3.63, 3.8) is 0 Å². The second-order valence-electron chi connectivity index (χ2n) is 3.58. The van der Waals surface area contributed by atoms with Crippen LogP contribution < -0.4 is 0 Å². The van der Waals surface area contributed by atoms with E-state index < -0.39 is 0 Å². The number of pyridine rings is 1. The molecule has 0 N–H and O–H groups in total. The van der Waals surface area contributed by atoms with Gasteiger partial charge in [0.2, 0.25) is 5.71 Å². The Morgan fingerprint density at radius 3 is 2.93 bits per heavy atom. The van der Waals surface area contributed by atoms with Crippen LogP contribution in [0.3, 0.4) is 0 Å². The van der Waals surface area contributed by atoms with Crippen molar-refractivity contribution < 1.29 is 4.42 Å². The maximum atomic E-state index is 5.44. The molecule has 0 atom stereocenters. The number of fused-ring (bicyclic) bond motifs is 2. The molecule has 0 aliphatic carbocycles. The summed E-state index contributed by atoms with van der Waals surface area (Å²) < 4.78 is 6.16. The first-order chi connectivity index (χ1) is 7.24. The van der Waals surface area contributed by atoms with E-state index in [1.54, 1.807) is 0 Å². The normalized spacial score (nSPS) is 11.3.